The monoisotopic (exact) mass is 290 g/mol. The highest BCUT2D eigenvalue weighted by atomic mass is 32.2. The van der Waals surface area contributed by atoms with Gasteiger partial charge in [0.15, 0.2) is 0 Å². The third-order valence-electron chi connectivity index (χ3n) is 3.45. The van der Waals surface area contributed by atoms with Gasteiger partial charge in [-0.05, 0) is 43.4 Å². The molecule has 0 spiro atoms. The molecule has 0 aromatic heterocycles. The van der Waals surface area contributed by atoms with Crippen molar-refractivity contribution in [3.05, 3.63) is 29.8 Å². The van der Waals surface area contributed by atoms with Crippen LogP contribution in [0.3, 0.4) is 0 Å². The van der Waals surface area contributed by atoms with Gasteiger partial charge in [0.2, 0.25) is 10.0 Å². The smallest absolute Gasteiger partial charge is 0.243 e. The van der Waals surface area contributed by atoms with E-state index in [0.717, 1.165) is 31.4 Å². The van der Waals surface area contributed by atoms with E-state index in [9.17, 15) is 17.2 Å². The van der Waals surface area contributed by atoms with Gasteiger partial charge < -0.3 is 5.73 Å². The van der Waals surface area contributed by atoms with Crippen molar-refractivity contribution in [2.24, 2.45) is 11.1 Å². The van der Waals surface area contributed by atoms with Crippen LogP contribution in [0.1, 0.15) is 19.3 Å². The summed E-state index contributed by atoms with van der Waals surface area (Å²) in [6.07, 6.45) is 2.57. The summed E-state index contributed by atoms with van der Waals surface area (Å²) in [6.45, 7) is 0.732. The average Bonchev–Trinajstić information content (AvgIpc) is 3.07. The van der Waals surface area contributed by atoms with Crippen molar-refractivity contribution < 1.29 is 17.2 Å². The second-order valence-corrected chi connectivity index (χ2v) is 6.67. The van der Waals surface area contributed by atoms with Crippen molar-refractivity contribution in [1.82, 2.24) is 4.72 Å². The Morgan fingerprint density at radius 2 is 2.00 bits per heavy atom. The van der Waals surface area contributed by atoms with E-state index in [1.54, 1.807) is 0 Å². The summed E-state index contributed by atoms with van der Waals surface area (Å²) >= 11 is 0. The highest BCUT2D eigenvalue weighted by Gasteiger charge is 2.42. The molecular formula is C12H16F2N2O2S. The van der Waals surface area contributed by atoms with E-state index in [4.69, 9.17) is 5.73 Å². The molecule has 0 radical (unpaired) electrons. The van der Waals surface area contributed by atoms with Gasteiger partial charge in [-0.25, -0.2) is 21.9 Å². The minimum atomic E-state index is -3.95. The largest absolute Gasteiger partial charge is 0.330 e. The third kappa shape index (κ3) is 3.29. The summed E-state index contributed by atoms with van der Waals surface area (Å²) in [7, 11) is -3.95. The van der Waals surface area contributed by atoms with Gasteiger partial charge in [0.1, 0.15) is 16.5 Å². The molecule has 3 N–H and O–H groups in total. The molecular weight excluding hydrogens is 274 g/mol. The van der Waals surface area contributed by atoms with E-state index < -0.39 is 26.6 Å². The molecule has 0 saturated heterocycles. The molecule has 106 valence electrons. The topological polar surface area (TPSA) is 72.2 Å². The third-order valence-corrected chi connectivity index (χ3v) is 4.89. The molecule has 0 unspecified atom stereocenters. The van der Waals surface area contributed by atoms with Crippen molar-refractivity contribution in [2.45, 2.75) is 24.2 Å². The standard InChI is InChI=1S/C12H16F2N2O2S/c13-9-1-2-11(10(14)7-9)19(17,18)16-8-12(3-4-12)5-6-15/h1-2,7,16H,3-6,8,15H2. The number of halogens is 2. The highest BCUT2D eigenvalue weighted by Crippen LogP contribution is 2.47. The fourth-order valence-electron chi connectivity index (χ4n) is 2.02. The van der Waals surface area contributed by atoms with Crippen LogP contribution >= 0.6 is 0 Å². The molecule has 1 aromatic rings. The van der Waals surface area contributed by atoms with Crippen molar-refractivity contribution in [3.8, 4) is 0 Å². The first kappa shape index (κ1) is 14.4. The van der Waals surface area contributed by atoms with Gasteiger partial charge >= 0.3 is 0 Å². The Bertz CT molecular complexity index is 571. The summed E-state index contributed by atoms with van der Waals surface area (Å²) < 4.78 is 52.5. The second kappa shape index (κ2) is 5.15. The first-order chi connectivity index (χ1) is 8.88. The van der Waals surface area contributed by atoms with Crippen molar-refractivity contribution in [1.29, 1.82) is 0 Å². The van der Waals surface area contributed by atoms with Crippen LogP contribution in [-0.4, -0.2) is 21.5 Å². The number of nitrogens with two attached hydrogens (primary N) is 1. The van der Waals surface area contributed by atoms with Crippen molar-refractivity contribution in [3.63, 3.8) is 0 Å². The Morgan fingerprint density at radius 1 is 1.32 bits per heavy atom. The van der Waals surface area contributed by atoms with Crippen LogP contribution in [0.4, 0.5) is 8.78 Å². The van der Waals surface area contributed by atoms with Crippen LogP contribution < -0.4 is 10.5 Å². The SMILES string of the molecule is NCCC1(CNS(=O)(=O)c2ccc(F)cc2F)CC1. The average molecular weight is 290 g/mol. The van der Waals surface area contributed by atoms with E-state index in [1.807, 2.05) is 0 Å². The lowest BCUT2D eigenvalue weighted by Crippen LogP contribution is -2.31. The first-order valence-corrected chi connectivity index (χ1v) is 7.52. The lowest BCUT2D eigenvalue weighted by atomic mass is 10.0. The number of nitrogens with one attached hydrogen (secondary N) is 1. The molecule has 2 rings (SSSR count). The van der Waals surface area contributed by atoms with Crippen LogP contribution in [0.5, 0.6) is 0 Å². The molecule has 0 atom stereocenters. The maximum absolute atomic E-state index is 13.5. The van der Waals surface area contributed by atoms with E-state index in [2.05, 4.69) is 4.72 Å². The lowest BCUT2D eigenvalue weighted by molar-refractivity contribution is 0.459. The fraction of sp³-hybridized carbons (Fsp3) is 0.500. The molecule has 1 aliphatic carbocycles. The molecule has 1 aliphatic rings. The normalized spacial score (nSPS) is 17.4. The van der Waals surface area contributed by atoms with Crippen molar-refractivity contribution >= 4 is 10.0 Å². The minimum absolute atomic E-state index is 0.0850. The zero-order chi connectivity index (χ0) is 14.1. The van der Waals surface area contributed by atoms with Crippen LogP contribution in [-0.2, 0) is 10.0 Å². The second-order valence-electron chi connectivity index (χ2n) is 4.94. The zero-order valence-corrected chi connectivity index (χ0v) is 11.1. The van der Waals surface area contributed by atoms with Gasteiger partial charge in [-0.2, -0.15) is 0 Å². The zero-order valence-electron chi connectivity index (χ0n) is 10.3. The van der Waals surface area contributed by atoms with Crippen molar-refractivity contribution in [2.75, 3.05) is 13.1 Å². The maximum Gasteiger partial charge on any atom is 0.243 e. The predicted molar refractivity (Wildman–Crippen MR) is 66.9 cm³/mol. The number of benzene rings is 1. The van der Waals surface area contributed by atoms with Gasteiger partial charge in [-0.3, -0.25) is 0 Å². The summed E-state index contributed by atoms with van der Waals surface area (Å²) in [4.78, 5) is -0.530. The Kier molecular flexibility index (Phi) is 3.89. The Morgan fingerprint density at radius 3 is 2.53 bits per heavy atom. The van der Waals surface area contributed by atoms with Gasteiger partial charge in [-0.15, -0.1) is 0 Å². The van der Waals surface area contributed by atoms with Crippen LogP contribution in [0.25, 0.3) is 0 Å². The summed E-state index contributed by atoms with van der Waals surface area (Å²) in [5.41, 5.74) is 5.38. The van der Waals surface area contributed by atoms with E-state index in [1.165, 1.54) is 0 Å². The number of sulfonamides is 1. The number of hydrogen-bond donors (Lipinski definition) is 2. The fourth-order valence-corrected chi connectivity index (χ4v) is 3.23. The summed E-state index contributed by atoms with van der Waals surface area (Å²) in [5.74, 6) is -1.89. The molecule has 1 saturated carbocycles. The molecule has 0 aliphatic heterocycles. The van der Waals surface area contributed by atoms with Crippen LogP contribution in [0.2, 0.25) is 0 Å². The number of rotatable bonds is 6. The molecule has 1 aromatic carbocycles. The van der Waals surface area contributed by atoms with E-state index >= 15 is 0 Å². The molecule has 4 nitrogen and oxygen atoms in total. The quantitative estimate of drug-likeness (QED) is 0.831. The summed E-state index contributed by atoms with van der Waals surface area (Å²) in [6, 6.07) is 2.40. The maximum atomic E-state index is 13.5. The molecule has 19 heavy (non-hydrogen) atoms. The molecule has 7 heteroatoms. The van der Waals surface area contributed by atoms with E-state index in [-0.39, 0.29) is 12.0 Å². The molecule has 0 bridgehead atoms. The van der Waals surface area contributed by atoms with Crippen LogP contribution in [0.15, 0.2) is 23.1 Å². The Balaban J connectivity index is 2.10. The highest BCUT2D eigenvalue weighted by molar-refractivity contribution is 7.89. The Labute approximate surface area is 111 Å². The minimum Gasteiger partial charge on any atom is -0.330 e. The van der Waals surface area contributed by atoms with Gasteiger partial charge in [0.05, 0.1) is 0 Å². The molecule has 0 heterocycles. The first-order valence-electron chi connectivity index (χ1n) is 6.03. The Hall–Kier alpha value is -1.05. The van der Waals surface area contributed by atoms with Gasteiger partial charge in [-0.1, -0.05) is 0 Å². The summed E-state index contributed by atoms with van der Waals surface area (Å²) in [5, 5.41) is 0. The van der Waals surface area contributed by atoms with E-state index in [0.29, 0.717) is 12.6 Å². The van der Waals surface area contributed by atoms with Crippen LogP contribution in [0, 0.1) is 17.0 Å². The number of hydrogen-bond acceptors (Lipinski definition) is 3. The molecule has 0 amide bonds. The molecule has 1 fully saturated rings. The predicted octanol–water partition coefficient (Wildman–Crippen LogP) is 1.37. The van der Waals surface area contributed by atoms with Gasteiger partial charge in [0, 0.05) is 12.6 Å². The lowest BCUT2D eigenvalue weighted by Gasteiger charge is -2.15. The van der Waals surface area contributed by atoms with Gasteiger partial charge in [0.25, 0.3) is 0 Å².